The SMILES string of the molecule is COc1c(NC(=O)c2cc(O)c(C)c(F)c2)cccc1NS(C)(=O)=O. The van der Waals surface area contributed by atoms with Gasteiger partial charge in [-0.3, -0.25) is 9.52 Å². The van der Waals surface area contributed by atoms with E-state index in [2.05, 4.69) is 10.0 Å². The van der Waals surface area contributed by atoms with Crippen molar-refractivity contribution in [1.82, 2.24) is 0 Å². The lowest BCUT2D eigenvalue weighted by Crippen LogP contribution is -2.15. The Balaban J connectivity index is 2.37. The van der Waals surface area contributed by atoms with Gasteiger partial charge in [0.05, 0.1) is 24.7 Å². The molecule has 0 aliphatic heterocycles. The lowest BCUT2D eigenvalue weighted by Gasteiger charge is -2.15. The highest BCUT2D eigenvalue weighted by Crippen LogP contribution is 2.34. The first-order valence-electron chi connectivity index (χ1n) is 7.07. The van der Waals surface area contributed by atoms with Crippen LogP contribution in [0.5, 0.6) is 11.5 Å². The molecule has 0 bridgehead atoms. The number of carbonyl (C=O) groups is 1. The highest BCUT2D eigenvalue weighted by Gasteiger charge is 2.17. The van der Waals surface area contributed by atoms with Gasteiger partial charge in [0.15, 0.2) is 5.75 Å². The number of aromatic hydroxyl groups is 1. The van der Waals surface area contributed by atoms with Gasteiger partial charge >= 0.3 is 0 Å². The maximum atomic E-state index is 13.7. The van der Waals surface area contributed by atoms with Crippen LogP contribution in [0.25, 0.3) is 0 Å². The van der Waals surface area contributed by atoms with Crippen molar-refractivity contribution in [2.75, 3.05) is 23.4 Å². The Morgan fingerprint density at radius 3 is 2.44 bits per heavy atom. The van der Waals surface area contributed by atoms with Gasteiger partial charge in [-0.05, 0) is 31.2 Å². The standard InChI is InChI=1S/C16H17FN2O5S/c1-9-11(17)7-10(8-14(9)20)16(21)18-12-5-4-6-13(15(12)24-2)19-25(3,22)23/h4-8,19-20H,1-3H3,(H,18,21). The van der Waals surface area contributed by atoms with Gasteiger partial charge in [0.25, 0.3) is 5.91 Å². The minimum Gasteiger partial charge on any atom is -0.508 e. The second-order valence-corrected chi connectivity index (χ2v) is 7.07. The second-order valence-electron chi connectivity index (χ2n) is 5.32. The summed E-state index contributed by atoms with van der Waals surface area (Å²) in [6.45, 7) is 1.38. The van der Waals surface area contributed by atoms with Crippen LogP contribution in [-0.2, 0) is 10.0 Å². The molecule has 0 spiro atoms. The summed E-state index contributed by atoms with van der Waals surface area (Å²) in [5.74, 6) is -1.66. The van der Waals surface area contributed by atoms with Crippen LogP contribution < -0.4 is 14.8 Å². The van der Waals surface area contributed by atoms with Crippen LogP contribution in [0.3, 0.4) is 0 Å². The van der Waals surface area contributed by atoms with Crippen LogP contribution in [0.1, 0.15) is 15.9 Å². The number of amides is 1. The number of sulfonamides is 1. The van der Waals surface area contributed by atoms with E-state index in [1.165, 1.54) is 32.2 Å². The molecule has 0 saturated heterocycles. The molecule has 0 saturated carbocycles. The minimum atomic E-state index is -3.55. The molecule has 0 aromatic heterocycles. The molecule has 7 nitrogen and oxygen atoms in total. The Morgan fingerprint density at radius 1 is 1.24 bits per heavy atom. The zero-order chi connectivity index (χ0) is 18.8. The van der Waals surface area contributed by atoms with E-state index in [1.54, 1.807) is 0 Å². The Bertz CT molecular complexity index is 905. The Morgan fingerprint density at radius 2 is 1.88 bits per heavy atom. The summed E-state index contributed by atoms with van der Waals surface area (Å²) in [5.41, 5.74) is 0.264. The average molecular weight is 368 g/mol. The van der Waals surface area contributed by atoms with E-state index in [1.807, 2.05) is 0 Å². The maximum Gasteiger partial charge on any atom is 0.256 e. The normalized spacial score (nSPS) is 11.0. The van der Waals surface area contributed by atoms with Crippen molar-refractivity contribution in [3.8, 4) is 11.5 Å². The zero-order valence-corrected chi connectivity index (χ0v) is 14.6. The molecule has 2 aromatic rings. The number of hydrogen-bond donors (Lipinski definition) is 3. The topological polar surface area (TPSA) is 105 Å². The monoisotopic (exact) mass is 368 g/mol. The first kappa shape index (κ1) is 18.5. The van der Waals surface area contributed by atoms with Gasteiger partial charge in [-0.25, -0.2) is 12.8 Å². The highest BCUT2D eigenvalue weighted by molar-refractivity contribution is 7.92. The molecule has 1 amide bonds. The zero-order valence-electron chi connectivity index (χ0n) is 13.8. The van der Waals surface area contributed by atoms with Gasteiger partial charge in [-0.15, -0.1) is 0 Å². The van der Waals surface area contributed by atoms with Crippen LogP contribution in [0.2, 0.25) is 0 Å². The molecular formula is C16H17FN2O5S. The summed E-state index contributed by atoms with van der Waals surface area (Å²) in [7, 11) is -2.23. The largest absolute Gasteiger partial charge is 0.508 e. The number of anilines is 2. The first-order chi connectivity index (χ1) is 11.6. The summed E-state index contributed by atoms with van der Waals surface area (Å²) in [4.78, 5) is 12.3. The van der Waals surface area contributed by atoms with Crippen molar-refractivity contribution >= 4 is 27.3 Å². The van der Waals surface area contributed by atoms with Crippen molar-refractivity contribution in [3.05, 3.63) is 47.3 Å². The lowest BCUT2D eigenvalue weighted by molar-refractivity contribution is 0.102. The van der Waals surface area contributed by atoms with E-state index < -0.39 is 21.7 Å². The van der Waals surface area contributed by atoms with Crippen molar-refractivity contribution in [1.29, 1.82) is 0 Å². The Kier molecular flexibility index (Phi) is 5.17. The third-order valence-electron chi connectivity index (χ3n) is 3.34. The molecule has 0 unspecified atom stereocenters. The van der Waals surface area contributed by atoms with E-state index in [0.29, 0.717) is 0 Å². The lowest BCUT2D eigenvalue weighted by atomic mass is 10.1. The Labute approximate surface area is 144 Å². The fourth-order valence-electron chi connectivity index (χ4n) is 2.13. The third kappa shape index (κ3) is 4.38. The van der Waals surface area contributed by atoms with Gasteiger partial charge in [0.2, 0.25) is 10.0 Å². The van der Waals surface area contributed by atoms with Gasteiger partial charge in [-0.1, -0.05) is 6.07 Å². The third-order valence-corrected chi connectivity index (χ3v) is 3.93. The van der Waals surface area contributed by atoms with Crippen molar-refractivity contribution in [2.45, 2.75) is 6.92 Å². The van der Waals surface area contributed by atoms with Crippen molar-refractivity contribution < 1.29 is 27.4 Å². The van der Waals surface area contributed by atoms with Crippen LogP contribution in [-0.4, -0.2) is 32.8 Å². The number of rotatable bonds is 5. The summed E-state index contributed by atoms with van der Waals surface area (Å²) >= 11 is 0. The number of carbonyl (C=O) groups excluding carboxylic acids is 1. The quantitative estimate of drug-likeness (QED) is 0.752. The fourth-order valence-corrected chi connectivity index (χ4v) is 2.69. The smallest absolute Gasteiger partial charge is 0.256 e. The van der Waals surface area contributed by atoms with E-state index >= 15 is 0 Å². The molecular weight excluding hydrogens is 351 g/mol. The highest BCUT2D eigenvalue weighted by atomic mass is 32.2. The van der Waals surface area contributed by atoms with Crippen LogP contribution in [0, 0.1) is 12.7 Å². The molecule has 0 atom stereocenters. The maximum absolute atomic E-state index is 13.7. The predicted molar refractivity (Wildman–Crippen MR) is 92.2 cm³/mol. The summed E-state index contributed by atoms with van der Waals surface area (Å²) in [6, 6.07) is 6.61. The molecule has 0 fully saturated rings. The number of methoxy groups -OCH3 is 1. The number of phenols is 1. The average Bonchev–Trinajstić information content (AvgIpc) is 2.50. The van der Waals surface area contributed by atoms with Crippen molar-refractivity contribution in [3.63, 3.8) is 0 Å². The number of nitrogens with one attached hydrogen (secondary N) is 2. The number of para-hydroxylation sites is 1. The molecule has 25 heavy (non-hydrogen) atoms. The number of hydrogen-bond acceptors (Lipinski definition) is 5. The Hall–Kier alpha value is -2.81. The number of ether oxygens (including phenoxy) is 1. The molecule has 0 aliphatic carbocycles. The summed E-state index contributed by atoms with van der Waals surface area (Å²) in [5, 5.41) is 12.1. The molecule has 2 rings (SSSR count). The van der Waals surface area contributed by atoms with E-state index in [0.717, 1.165) is 18.4 Å². The van der Waals surface area contributed by atoms with Gasteiger partial charge in [-0.2, -0.15) is 0 Å². The predicted octanol–water partition coefficient (Wildman–Crippen LogP) is 2.47. The summed E-state index contributed by atoms with van der Waals surface area (Å²) < 4.78 is 43.9. The minimum absolute atomic E-state index is 0.0356. The molecule has 2 aromatic carbocycles. The first-order valence-corrected chi connectivity index (χ1v) is 8.96. The van der Waals surface area contributed by atoms with E-state index in [-0.39, 0.29) is 34.0 Å². The number of halogens is 1. The van der Waals surface area contributed by atoms with Crippen molar-refractivity contribution in [2.24, 2.45) is 0 Å². The molecule has 134 valence electrons. The summed E-state index contributed by atoms with van der Waals surface area (Å²) in [6.07, 6.45) is 0.982. The molecule has 9 heteroatoms. The van der Waals surface area contributed by atoms with E-state index in [9.17, 15) is 22.7 Å². The molecule has 3 N–H and O–H groups in total. The van der Waals surface area contributed by atoms with Gasteiger partial charge < -0.3 is 15.2 Å². The van der Waals surface area contributed by atoms with Crippen LogP contribution in [0.15, 0.2) is 30.3 Å². The molecule has 0 radical (unpaired) electrons. The molecule has 0 aliphatic rings. The van der Waals surface area contributed by atoms with Crippen LogP contribution >= 0.6 is 0 Å². The van der Waals surface area contributed by atoms with Crippen LogP contribution in [0.4, 0.5) is 15.8 Å². The number of phenolic OH excluding ortho intramolecular Hbond substituents is 1. The number of benzene rings is 2. The second kappa shape index (κ2) is 6.98. The van der Waals surface area contributed by atoms with Gasteiger partial charge in [0.1, 0.15) is 11.6 Å². The molecule has 0 heterocycles. The fraction of sp³-hybridized carbons (Fsp3) is 0.188. The van der Waals surface area contributed by atoms with E-state index in [4.69, 9.17) is 4.74 Å². The van der Waals surface area contributed by atoms with Gasteiger partial charge in [0, 0.05) is 11.1 Å².